The molecule has 1 aliphatic rings. The van der Waals surface area contributed by atoms with Gasteiger partial charge in [0.2, 0.25) is 0 Å². The molecule has 0 saturated carbocycles. The van der Waals surface area contributed by atoms with Gasteiger partial charge >= 0.3 is 0 Å². The molecule has 7 nitrogen and oxygen atoms in total. The van der Waals surface area contributed by atoms with E-state index in [1.54, 1.807) is 6.20 Å². The van der Waals surface area contributed by atoms with E-state index < -0.39 is 0 Å². The van der Waals surface area contributed by atoms with Crippen LogP contribution in [0.5, 0.6) is 0 Å². The lowest BCUT2D eigenvalue weighted by Gasteiger charge is -2.26. The number of amides is 1. The molecule has 1 saturated heterocycles. The highest BCUT2D eigenvalue weighted by molar-refractivity contribution is 5.92. The van der Waals surface area contributed by atoms with E-state index in [0.29, 0.717) is 24.6 Å². The monoisotopic (exact) mass is 404 g/mol. The van der Waals surface area contributed by atoms with Gasteiger partial charge in [0.05, 0.1) is 0 Å². The number of nitrogens with one attached hydrogen (secondary N) is 1. The van der Waals surface area contributed by atoms with Gasteiger partial charge in [-0.1, -0.05) is 42.8 Å². The Kier molecular flexibility index (Phi) is 6.23. The van der Waals surface area contributed by atoms with Crippen LogP contribution in [0.2, 0.25) is 0 Å². The van der Waals surface area contributed by atoms with Crippen molar-refractivity contribution in [3.8, 4) is 17.1 Å². The van der Waals surface area contributed by atoms with E-state index in [4.69, 9.17) is 16.5 Å². The Morgan fingerprint density at radius 1 is 0.967 bits per heavy atom. The predicted molar refractivity (Wildman–Crippen MR) is 118 cm³/mol. The summed E-state index contributed by atoms with van der Waals surface area (Å²) in [7, 11) is 0. The molecule has 7 heteroatoms. The van der Waals surface area contributed by atoms with Gasteiger partial charge in [0.1, 0.15) is 11.5 Å². The van der Waals surface area contributed by atoms with Crippen LogP contribution in [-0.4, -0.2) is 33.6 Å². The number of rotatable bonds is 6. The average molecular weight is 405 g/mol. The molecule has 156 valence electrons. The molecule has 1 fully saturated rings. The van der Waals surface area contributed by atoms with Crippen LogP contribution in [-0.2, 0) is 13.1 Å². The average Bonchev–Trinajstić information content (AvgIpc) is 3.25. The Bertz CT molecular complexity index is 1000. The molecule has 4 rings (SSSR count). The number of nitrogens with zero attached hydrogens (tertiary/aromatic N) is 3. The second-order valence-electron chi connectivity index (χ2n) is 7.54. The molecule has 0 spiro atoms. The topological polar surface area (TPSA) is 102 Å². The van der Waals surface area contributed by atoms with Gasteiger partial charge in [-0.05, 0) is 36.1 Å². The van der Waals surface area contributed by atoms with Crippen LogP contribution >= 0.6 is 0 Å². The van der Waals surface area contributed by atoms with Crippen LogP contribution in [0, 0.1) is 0 Å². The molecule has 5 N–H and O–H groups in total. The number of benzene rings is 2. The molecule has 1 aromatic heterocycles. The SMILES string of the molecule is NCc1ccc(-n2cc(C(=O)NN3CCCCC3)nc2-c2ccccc2CN)cc1. The third-order valence-electron chi connectivity index (χ3n) is 5.48. The molecule has 3 aromatic rings. The van der Waals surface area contributed by atoms with Crippen molar-refractivity contribution in [2.75, 3.05) is 13.1 Å². The largest absolute Gasteiger partial charge is 0.326 e. The van der Waals surface area contributed by atoms with E-state index in [1.807, 2.05) is 58.1 Å². The van der Waals surface area contributed by atoms with E-state index in [0.717, 1.165) is 48.3 Å². The molecule has 0 radical (unpaired) electrons. The second-order valence-corrected chi connectivity index (χ2v) is 7.54. The molecule has 1 aliphatic heterocycles. The Morgan fingerprint density at radius 2 is 1.70 bits per heavy atom. The third-order valence-corrected chi connectivity index (χ3v) is 5.48. The number of nitrogens with two attached hydrogens (primary N) is 2. The van der Waals surface area contributed by atoms with Gasteiger partial charge < -0.3 is 11.5 Å². The number of aromatic nitrogens is 2. The molecule has 2 heterocycles. The number of hydrazine groups is 1. The number of piperidine rings is 1. The maximum Gasteiger partial charge on any atom is 0.285 e. The molecule has 1 amide bonds. The summed E-state index contributed by atoms with van der Waals surface area (Å²) in [5, 5.41) is 1.98. The fourth-order valence-electron chi connectivity index (χ4n) is 3.79. The lowest BCUT2D eigenvalue weighted by Crippen LogP contribution is -2.45. The van der Waals surface area contributed by atoms with Crippen LogP contribution < -0.4 is 16.9 Å². The smallest absolute Gasteiger partial charge is 0.285 e. The molecule has 0 bridgehead atoms. The molecule has 0 unspecified atom stereocenters. The number of hydrogen-bond donors (Lipinski definition) is 3. The fraction of sp³-hybridized carbons (Fsp3) is 0.304. The van der Waals surface area contributed by atoms with Crippen molar-refractivity contribution < 1.29 is 4.79 Å². The molecule has 30 heavy (non-hydrogen) atoms. The summed E-state index contributed by atoms with van der Waals surface area (Å²) in [4.78, 5) is 17.6. The Morgan fingerprint density at radius 3 is 2.40 bits per heavy atom. The molecular formula is C23H28N6O. The quantitative estimate of drug-likeness (QED) is 0.586. The van der Waals surface area contributed by atoms with E-state index >= 15 is 0 Å². The first-order valence-electron chi connectivity index (χ1n) is 10.4. The van der Waals surface area contributed by atoms with Crippen LogP contribution in [0.15, 0.2) is 54.7 Å². The van der Waals surface area contributed by atoms with Crippen molar-refractivity contribution in [3.05, 3.63) is 71.5 Å². The number of carbonyl (C=O) groups is 1. The summed E-state index contributed by atoms with van der Waals surface area (Å²) in [5.74, 6) is 0.501. The maximum atomic E-state index is 12.9. The Hall–Kier alpha value is -3.00. The predicted octanol–water partition coefficient (Wildman–Crippen LogP) is 2.59. The molecule has 0 atom stereocenters. The minimum absolute atomic E-state index is 0.194. The van der Waals surface area contributed by atoms with E-state index in [1.165, 1.54) is 6.42 Å². The zero-order valence-electron chi connectivity index (χ0n) is 17.1. The van der Waals surface area contributed by atoms with Crippen molar-refractivity contribution in [1.29, 1.82) is 0 Å². The Balaban J connectivity index is 1.73. The van der Waals surface area contributed by atoms with Gasteiger partial charge in [0, 0.05) is 43.6 Å². The van der Waals surface area contributed by atoms with Gasteiger partial charge in [-0.2, -0.15) is 0 Å². The molecule has 2 aromatic carbocycles. The highest BCUT2D eigenvalue weighted by atomic mass is 16.2. The normalized spacial score (nSPS) is 14.6. The minimum Gasteiger partial charge on any atom is -0.326 e. The van der Waals surface area contributed by atoms with Gasteiger partial charge in [-0.25, -0.2) is 9.99 Å². The van der Waals surface area contributed by atoms with Crippen LogP contribution in [0.1, 0.15) is 40.9 Å². The first-order chi connectivity index (χ1) is 14.7. The number of hydrogen-bond acceptors (Lipinski definition) is 5. The van der Waals surface area contributed by atoms with Gasteiger partial charge in [-0.15, -0.1) is 0 Å². The summed E-state index contributed by atoms with van der Waals surface area (Å²) in [6.07, 6.45) is 5.19. The van der Waals surface area contributed by atoms with Gasteiger partial charge in [-0.3, -0.25) is 14.8 Å². The zero-order chi connectivity index (χ0) is 20.9. The highest BCUT2D eigenvalue weighted by Gasteiger charge is 2.20. The number of carbonyl (C=O) groups excluding carboxylic acids is 1. The lowest BCUT2D eigenvalue weighted by atomic mass is 10.1. The summed E-state index contributed by atoms with van der Waals surface area (Å²) < 4.78 is 1.94. The fourth-order valence-corrected chi connectivity index (χ4v) is 3.79. The minimum atomic E-state index is -0.194. The first-order valence-corrected chi connectivity index (χ1v) is 10.4. The van der Waals surface area contributed by atoms with Gasteiger partial charge in [0.25, 0.3) is 5.91 Å². The van der Waals surface area contributed by atoms with Crippen molar-refractivity contribution in [3.63, 3.8) is 0 Å². The summed E-state index contributed by atoms with van der Waals surface area (Å²) in [6, 6.07) is 15.8. The van der Waals surface area contributed by atoms with E-state index in [9.17, 15) is 4.79 Å². The molecular weight excluding hydrogens is 376 g/mol. The number of imidazole rings is 1. The summed E-state index contributed by atoms with van der Waals surface area (Å²) in [6.45, 7) is 2.62. The lowest BCUT2D eigenvalue weighted by molar-refractivity contribution is 0.0745. The van der Waals surface area contributed by atoms with Crippen molar-refractivity contribution >= 4 is 5.91 Å². The summed E-state index contributed by atoms with van der Waals surface area (Å²) >= 11 is 0. The van der Waals surface area contributed by atoms with Crippen LogP contribution in [0.3, 0.4) is 0 Å². The Labute approximate surface area is 176 Å². The second kappa shape index (κ2) is 9.21. The van der Waals surface area contributed by atoms with Crippen molar-refractivity contribution in [2.24, 2.45) is 11.5 Å². The standard InChI is InChI=1S/C23H28N6O/c24-14-17-8-10-19(11-9-17)29-16-21(23(30)27-28-12-4-1-5-13-28)26-22(29)20-7-3-2-6-18(20)15-25/h2-3,6-11,16H,1,4-5,12-15,24-25H2,(H,27,30). The van der Waals surface area contributed by atoms with Crippen LogP contribution in [0.4, 0.5) is 0 Å². The zero-order valence-corrected chi connectivity index (χ0v) is 17.1. The van der Waals surface area contributed by atoms with E-state index in [-0.39, 0.29) is 5.91 Å². The van der Waals surface area contributed by atoms with Gasteiger partial charge in [0.15, 0.2) is 0 Å². The van der Waals surface area contributed by atoms with Crippen molar-refractivity contribution in [1.82, 2.24) is 20.0 Å². The maximum absolute atomic E-state index is 12.9. The molecule has 0 aliphatic carbocycles. The highest BCUT2D eigenvalue weighted by Crippen LogP contribution is 2.26. The first kappa shape index (κ1) is 20.3. The summed E-state index contributed by atoms with van der Waals surface area (Å²) in [5.41, 5.74) is 18.9. The van der Waals surface area contributed by atoms with Crippen LogP contribution in [0.25, 0.3) is 17.1 Å². The van der Waals surface area contributed by atoms with Crippen molar-refractivity contribution in [2.45, 2.75) is 32.4 Å². The van der Waals surface area contributed by atoms with E-state index in [2.05, 4.69) is 5.43 Å². The third kappa shape index (κ3) is 4.28.